The third-order valence-corrected chi connectivity index (χ3v) is 4.37. The van der Waals surface area contributed by atoms with Gasteiger partial charge in [-0.3, -0.25) is 0 Å². The molecule has 0 amide bonds. The maximum atomic E-state index is 4.62. The van der Waals surface area contributed by atoms with E-state index in [9.17, 15) is 0 Å². The van der Waals surface area contributed by atoms with Crippen molar-refractivity contribution in [3.05, 3.63) is 65.6 Å². The van der Waals surface area contributed by atoms with Crippen molar-refractivity contribution in [3.63, 3.8) is 0 Å². The Labute approximate surface area is 126 Å². The fraction of sp³-hybridized carbons (Fsp3) is 0.125. The van der Waals surface area contributed by atoms with Crippen LogP contribution in [0.5, 0.6) is 0 Å². The topological polar surface area (TPSA) is 42.2 Å². The number of imidazole rings is 1. The van der Waals surface area contributed by atoms with Gasteiger partial charge in [-0.25, -0.2) is 9.97 Å². The Bertz CT molecular complexity index is 753. The van der Waals surface area contributed by atoms with Crippen LogP contribution in [0.2, 0.25) is 0 Å². The number of benzene rings is 1. The number of hydrogen-bond donors (Lipinski definition) is 1. The quantitative estimate of drug-likeness (QED) is 0.628. The van der Waals surface area contributed by atoms with Gasteiger partial charge in [0.05, 0.1) is 15.9 Å². The van der Waals surface area contributed by atoms with E-state index in [1.807, 2.05) is 40.9 Å². The number of nitrogens with zero attached hydrogens (tertiary/aromatic N) is 3. The van der Waals surface area contributed by atoms with Crippen molar-refractivity contribution >= 4 is 27.2 Å². The molecule has 3 aromatic heterocycles. The van der Waals surface area contributed by atoms with Crippen LogP contribution in [0.15, 0.2) is 54.9 Å². The van der Waals surface area contributed by atoms with E-state index in [-0.39, 0.29) is 0 Å². The molecule has 4 aromatic rings. The number of nitrogens with one attached hydrogen (secondary N) is 1. The summed E-state index contributed by atoms with van der Waals surface area (Å²) in [6, 6.07) is 14.3. The van der Waals surface area contributed by atoms with E-state index in [0.29, 0.717) is 0 Å². The normalized spacial score (nSPS) is 11.4. The number of pyridine rings is 1. The lowest BCUT2D eigenvalue weighted by Gasteiger charge is -1.98. The first-order valence-electron chi connectivity index (χ1n) is 6.86. The van der Waals surface area contributed by atoms with Gasteiger partial charge in [0.15, 0.2) is 0 Å². The van der Waals surface area contributed by atoms with Crippen LogP contribution in [-0.2, 0) is 13.1 Å². The summed E-state index contributed by atoms with van der Waals surface area (Å²) in [5.41, 5.74) is 3.10. The molecular weight excluding hydrogens is 280 g/mol. The predicted octanol–water partition coefficient (Wildman–Crippen LogP) is 3.23. The van der Waals surface area contributed by atoms with Crippen molar-refractivity contribution in [3.8, 4) is 0 Å². The molecular formula is C16H14N4S. The third kappa shape index (κ3) is 2.53. The summed E-state index contributed by atoms with van der Waals surface area (Å²) in [6.07, 6.45) is 4.07. The Hall–Kier alpha value is -2.24. The summed E-state index contributed by atoms with van der Waals surface area (Å²) in [6.45, 7) is 1.52. The second-order valence-electron chi connectivity index (χ2n) is 4.88. The largest absolute Gasteiger partial charge is 0.307 e. The highest BCUT2D eigenvalue weighted by Gasteiger charge is 2.04. The van der Waals surface area contributed by atoms with Gasteiger partial charge in [0.2, 0.25) is 0 Å². The second kappa shape index (κ2) is 5.27. The molecule has 0 saturated heterocycles. The maximum Gasteiger partial charge on any atom is 0.137 e. The SMILES string of the molecule is c1ccc2sc(CNCc3cn4ccccc4n3)nc2c1. The molecule has 0 aliphatic rings. The fourth-order valence-corrected chi connectivity index (χ4v) is 3.30. The number of hydrogen-bond acceptors (Lipinski definition) is 4. The Morgan fingerprint density at radius 2 is 1.90 bits per heavy atom. The molecule has 1 N–H and O–H groups in total. The Morgan fingerprint density at radius 1 is 1.00 bits per heavy atom. The van der Waals surface area contributed by atoms with E-state index in [4.69, 9.17) is 0 Å². The summed E-state index contributed by atoms with van der Waals surface area (Å²) in [7, 11) is 0. The summed E-state index contributed by atoms with van der Waals surface area (Å²) < 4.78 is 3.27. The van der Waals surface area contributed by atoms with E-state index in [0.717, 1.165) is 35.0 Å². The van der Waals surface area contributed by atoms with Crippen LogP contribution in [0.1, 0.15) is 10.7 Å². The number of aromatic nitrogens is 3. The van der Waals surface area contributed by atoms with Crippen molar-refractivity contribution in [2.24, 2.45) is 0 Å². The van der Waals surface area contributed by atoms with Gasteiger partial charge in [0.25, 0.3) is 0 Å². The van der Waals surface area contributed by atoms with Gasteiger partial charge < -0.3 is 9.72 Å². The lowest BCUT2D eigenvalue weighted by molar-refractivity contribution is 0.680. The van der Waals surface area contributed by atoms with Crippen LogP contribution < -0.4 is 5.32 Å². The first-order valence-corrected chi connectivity index (χ1v) is 7.68. The lowest BCUT2D eigenvalue weighted by Crippen LogP contribution is -2.12. The molecule has 1 aromatic carbocycles. The molecule has 0 atom stereocenters. The molecule has 3 heterocycles. The molecule has 0 bridgehead atoms. The van der Waals surface area contributed by atoms with E-state index in [2.05, 4.69) is 33.6 Å². The van der Waals surface area contributed by atoms with E-state index >= 15 is 0 Å². The van der Waals surface area contributed by atoms with Crippen LogP contribution >= 0.6 is 11.3 Å². The first-order chi connectivity index (χ1) is 10.4. The molecule has 0 aliphatic heterocycles. The molecule has 4 rings (SSSR count). The average molecular weight is 294 g/mol. The molecule has 0 unspecified atom stereocenters. The van der Waals surface area contributed by atoms with E-state index in [1.54, 1.807) is 11.3 Å². The van der Waals surface area contributed by atoms with Gasteiger partial charge in [-0.2, -0.15) is 0 Å². The van der Waals surface area contributed by atoms with E-state index in [1.165, 1.54) is 4.70 Å². The van der Waals surface area contributed by atoms with Crippen LogP contribution in [0, 0.1) is 0 Å². The van der Waals surface area contributed by atoms with Crippen molar-refractivity contribution in [2.75, 3.05) is 0 Å². The number of rotatable bonds is 4. The monoisotopic (exact) mass is 294 g/mol. The van der Waals surface area contributed by atoms with E-state index < -0.39 is 0 Å². The van der Waals surface area contributed by atoms with Gasteiger partial charge in [-0.1, -0.05) is 18.2 Å². The number of fused-ring (bicyclic) bond motifs is 2. The lowest BCUT2D eigenvalue weighted by atomic mass is 10.3. The predicted molar refractivity (Wildman–Crippen MR) is 85.4 cm³/mol. The van der Waals surface area contributed by atoms with Crippen molar-refractivity contribution in [2.45, 2.75) is 13.1 Å². The highest BCUT2D eigenvalue weighted by molar-refractivity contribution is 7.18. The summed E-state index contributed by atoms with van der Waals surface area (Å²) in [4.78, 5) is 9.19. The van der Waals surface area contributed by atoms with Gasteiger partial charge >= 0.3 is 0 Å². The minimum absolute atomic E-state index is 0.748. The molecule has 21 heavy (non-hydrogen) atoms. The van der Waals surface area contributed by atoms with Crippen molar-refractivity contribution < 1.29 is 0 Å². The fourth-order valence-electron chi connectivity index (χ4n) is 2.37. The minimum Gasteiger partial charge on any atom is -0.307 e. The molecule has 5 heteroatoms. The zero-order chi connectivity index (χ0) is 14.1. The smallest absolute Gasteiger partial charge is 0.137 e. The Kier molecular flexibility index (Phi) is 3.14. The second-order valence-corrected chi connectivity index (χ2v) is 5.99. The Balaban J connectivity index is 1.44. The molecule has 0 aliphatic carbocycles. The molecule has 0 saturated carbocycles. The van der Waals surface area contributed by atoms with Gasteiger partial charge in [-0.15, -0.1) is 11.3 Å². The molecule has 4 nitrogen and oxygen atoms in total. The van der Waals surface area contributed by atoms with Crippen LogP contribution in [0.25, 0.3) is 15.9 Å². The molecule has 0 spiro atoms. The maximum absolute atomic E-state index is 4.62. The van der Waals surface area contributed by atoms with Crippen molar-refractivity contribution in [1.29, 1.82) is 0 Å². The number of thiazole rings is 1. The number of para-hydroxylation sites is 1. The molecule has 104 valence electrons. The zero-order valence-electron chi connectivity index (χ0n) is 11.4. The highest BCUT2D eigenvalue weighted by Crippen LogP contribution is 2.21. The van der Waals surface area contributed by atoms with Gasteiger partial charge in [-0.05, 0) is 24.3 Å². The summed E-state index contributed by atoms with van der Waals surface area (Å²) in [5, 5.41) is 4.52. The summed E-state index contributed by atoms with van der Waals surface area (Å²) >= 11 is 1.74. The van der Waals surface area contributed by atoms with Crippen LogP contribution in [0.4, 0.5) is 0 Å². The zero-order valence-corrected chi connectivity index (χ0v) is 12.2. The first kappa shape index (κ1) is 12.5. The standard InChI is InChI=1S/C16H14N4S/c1-2-6-14-13(5-1)19-16(21-14)10-17-9-12-11-20-8-4-3-7-15(20)18-12/h1-8,11,17H,9-10H2. The van der Waals surface area contributed by atoms with Gasteiger partial charge in [0, 0.05) is 25.5 Å². The van der Waals surface area contributed by atoms with Crippen LogP contribution in [0.3, 0.4) is 0 Å². The molecule has 0 radical (unpaired) electrons. The summed E-state index contributed by atoms with van der Waals surface area (Å²) in [5.74, 6) is 0. The Morgan fingerprint density at radius 3 is 2.81 bits per heavy atom. The van der Waals surface area contributed by atoms with Crippen LogP contribution in [-0.4, -0.2) is 14.4 Å². The minimum atomic E-state index is 0.748. The van der Waals surface area contributed by atoms with Gasteiger partial charge in [0.1, 0.15) is 10.7 Å². The average Bonchev–Trinajstić information content (AvgIpc) is 3.09. The molecule has 0 fully saturated rings. The highest BCUT2D eigenvalue weighted by atomic mass is 32.1. The third-order valence-electron chi connectivity index (χ3n) is 3.33. The van der Waals surface area contributed by atoms with Crippen molar-refractivity contribution in [1.82, 2.24) is 19.7 Å².